The molecule has 2 rings (SSSR count). The largest absolute Gasteiger partial charge is 0.508 e. The summed E-state index contributed by atoms with van der Waals surface area (Å²) in [7, 11) is 0.292. The molecule has 12 nitrogen and oxygen atoms in total. The van der Waals surface area contributed by atoms with Gasteiger partial charge in [0.15, 0.2) is 0 Å². The van der Waals surface area contributed by atoms with Crippen molar-refractivity contribution in [2.45, 2.75) is 83.3 Å². The van der Waals surface area contributed by atoms with Crippen molar-refractivity contribution in [1.29, 1.82) is 0 Å². The summed E-state index contributed by atoms with van der Waals surface area (Å²) in [6.07, 6.45) is 5.79. The van der Waals surface area contributed by atoms with Crippen LogP contribution in [0.2, 0.25) is 0 Å². The summed E-state index contributed by atoms with van der Waals surface area (Å²) in [4.78, 5) is 58.9. The minimum atomic E-state index is -1.26. The molecule has 2 aromatic carbocycles. The predicted octanol–water partition coefficient (Wildman–Crippen LogP) is 2.63. The highest BCUT2D eigenvalue weighted by Crippen LogP contribution is 2.14. The lowest BCUT2D eigenvalue weighted by molar-refractivity contribution is -0.145. The first kappa shape index (κ1) is 39.9. The lowest BCUT2D eigenvalue weighted by Crippen LogP contribution is -2.56. The second kappa shape index (κ2) is 21.6. The molecule has 264 valence electrons. The van der Waals surface area contributed by atoms with E-state index >= 15 is 0 Å². The number of rotatable bonds is 21. The molecule has 0 aromatic heterocycles. The van der Waals surface area contributed by atoms with Crippen molar-refractivity contribution in [2.24, 2.45) is 10.7 Å². The Kier molecular flexibility index (Phi) is 17.9. The van der Waals surface area contributed by atoms with Crippen LogP contribution in [-0.2, 0) is 47.6 Å². The van der Waals surface area contributed by atoms with Crippen molar-refractivity contribution in [2.75, 3.05) is 32.2 Å². The summed E-state index contributed by atoms with van der Waals surface area (Å²) < 4.78 is 17.3. The highest BCUT2D eigenvalue weighted by molar-refractivity contribution is 7.84. The molecule has 0 spiro atoms. The predicted molar refractivity (Wildman–Crippen MR) is 188 cm³/mol. The zero-order valence-corrected chi connectivity index (χ0v) is 29.3. The minimum absolute atomic E-state index is 0.00646. The average Bonchev–Trinajstić information content (AvgIpc) is 3.05. The molecule has 0 aliphatic carbocycles. The molecule has 3 amide bonds. The van der Waals surface area contributed by atoms with Gasteiger partial charge in [0.1, 0.15) is 23.9 Å². The van der Waals surface area contributed by atoms with Gasteiger partial charge in [-0.3, -0.25) is 28.4 Å². The van der Waals surface area contributed by atoms with Crippen LogP contribution in [0, 0.1) is 0 Å². The van der Waals surface area contributed by atoms with Gasteiger partial charge >= 0.3 is 5.97 Å². The lowest BCUT2D eigenvalue weighted by Gasteiger charge is -2.27. The van der Waals surface area contributed by atoms with E-state index in [0.717, 1.165) is 31.2 Å². The Labute approximate surface area is 286 Å². The van der Waals surface area contributed by atoms with Gasteiger partial charge in [-0.2, -0.15) is 0 Å². The fourth-order valence-electron chi connectivity index (χ4n) is 4.86. The average molecular weight is 686 g/mol. The van der Waals surface area contributed by atoms with Crippen LogP contribution in [0.4, 0.5) is 0 Å². The van der Waals surface area contributed by atoms with E-state index in [1.165, 1.54) is 23.3 Å². The van der Waals surface area contributed by atoms with Crippen LogP contribution in [0.3, 0.4) is 0 Å². The number of aliphatic imine (C=N–C) groups is 1. The fourth-order valence-corrected chi connectivity index (χ4v) is 5.43. The Morgan fingerprint density at radius 2 is 1.58 bits per heavy atom. The number of nitrogens with zero attached hydrogens (tertiary/aromatic N) is 2. The van der Waals surface area contributed by atoms with E-state index in [0.29, 0.717) is 12.2 Å². The first-order chi connectivity index (χ1) is 22.9. The third kappa shape index (κ3) is 15.6. The van der Waals surface area contributed by atoms with Crippen molar-refractivity contribution in [1.82, 2.24) is 15.5 Å². The zero-order valence-electron chi connectivity index (χ0n) is 28.5. The van der Waals surface area contributed by atoms with Gasteiger partial charge < -0.3 is 31.1 Å². The van der Waals surface area contributed by atoms with Crippen LogP contribution >= 0.6 is 0 Å². The maximum atomic E-state index is 13.8. The molecular weight excluding hydrogens is 634 g/mol. The second-order valence-electron chi connectivity index (χ2n) is 11.8. The van der Waals surface area contributed by atoms with Gasteiger partial charge in [0.25, 0.3) is 0 Å². The van der Waals surface area contributed by atoms with Gasteiger partial charge in [-0.05, 0) is 43.0 Å². The summed E-state index contributed by atoms with van der Waals surface area (Å²) in [5.74, 6) is -1.65. The van der Waals surface area contributed by atoms with Crippen molar-refractivity contribution in [3.63, 3.8) is 0 Å². The molecular formula is C35H51N5O7S. The Morgan fingerprint density at radius 3 is 2.21 bits per heavy atom. The van der Waals surface area contributed by atoms with Gasteiger partial charge in [-0.1, -0.05) is 68.7 Å². The van der Waals surface area contributed by atoms with Gasteiger partial charge in [-0.15, -0.1) is 0 Å². The molecule has 5 N–H and O–H groups in total. The number of aromatic hydroxyl groups is 1. The Morgan fingerprint density at radius 1 is 0.938 bits per heavy atom. The van der Waals surface area contributed by atoms with E-state index in [-0.39, 0.29) is 49.6 Å². The quantitative estimate of drug-likeness (QED) is 0.0670. The Bertz CT molecular complexity index is 1370. The molecule has 0 saturated carbocycles. The van der Waals surface area contributed by atoms with E-state index < -0.39 is 52.6 Å². The first-order valence-electron chi connectivity index (χ1n) is 16.3. The SMILES string of the molecule is CCCCCCOC(=O)CCN(C)C(=O)[C@H](Cc1ccccc1)NC(=O)[C@@H](CCS(C)=O)NC(=O)[C@H](Cc1ccc(O)cc1)N=C(C)N. The molecule has 0 radical (unpaired) electrons. The van der Waals surface area contributed by atoms with E-state index in [9.17, 15) is 28.5 Å². The van der Waals surface area contributed by atoms with Crippen LogP contribution < -0.4 is 16.4 Å². The number of amidine groups is 1. The summed E-state index contributed by atoms with van der Waals surface area (Å²) in [5, 5.41) is 15.2. The van der Waals surface area contributed by atoms with Crippen molar-refractivity contribution in [3.05, 3.63) is 65.7 Å². The molecule has 48 heavy (non-hydrogen) atoms. The van der Waals surface area contributed by atoms with Gasteiger partial charge in [0.05, 0.1) is 18.9 Å². The Balaban J connectivity index is 2.21. The molecule has 0 bridgehead atoms. The monoisotopic (exact) mass is 685 g/mol. The number of phenolic OH excluding ortho intramolecular Hbond substituents is 1. The normalized spacial score (nSPS) is 13.9. The number of phenols is 1. The number of carbonyl (C=O) groups excluding carboxylic acids is 4. The summed E-state index contributed by atoms with van der Waals surface area (Å²) in [6.45, 7) is 4.08. The number of ether oxygens (including phenoxy) is 1. The number of hydrogen-bond donors (Lipinski definition) is 4. The van der Waals surface area contributed by atoms with E-state index in [1.807, 2.05) is 30.3 Å². The summed E-state index contributed by atoms with van der Waals surface area (Å²) in [6, 6.07) is 12.3. The number of nitrogens with one attached hydrogen (secondary N) is 2. The smallest absolute Gasteiger partial charge is 0.307 e. The zero-order chi connectivity index (χ0) is 35.5. The molecule has 0 aliphatic heterocycles. The van der Waals surface area contributed by atoms with Crippen molar-refractivity contribution in [3.8, 4) is 5.75 Å². The highest BCUT2D eigenvalue weighted by Gasteiger charge is 2.31. The number of carbonyl (C=O) groups is 4. The van der Waals surface area contributed by atoms with Crippen LogP contribution in [-0.4, -0.2) is 94.1 Å². The summed E-state index contributed by atoms with van der Waals surface area (Å²) >= 11 is 0. The lowest BCUT2D eigenvalue weighted by atomic mass is 10.0. The second-order valence-corrected chi connectivity index (χ2v) is 13.4. The van der Waals surface area contributed by atoms with Crippen LogP contribution in [0.15, 0.2) is 59.6 Å². The van der Waals surface area contributed by atoms with Crippen LogP contribution in [0.5, 0.6) is 5.75 Å². The number of unbranched alkanes of at least 4 members (excludes halogenated alkanes) is 3. The molecule has 0 aliphatic rings. The number of benzene rings is 2. The maximum Gasteiger partial charge on any atom is 0.307 e. The topological polar surface area (TPSA) is 180 Å². The van der Waals surface area contributed by atoms with Gasteiger partial charge in [0, 0.05) is 49.2 Å². The molecule has 0 fully saturated rings. The molecule has 13 heteroatoms. The van der Waals surface area contributed by atoms with Crippen molar-refractivity contribution >= 4 is 40.3 Å². The number of likely N-dealkylation sites (N-methyl/N-ethyl adjacent to an activating group) is 1. The molecule has 0 saturated heterocycles. The number of esters is 1. The highest BCUT2D eigenvalue weighted by atomic mass is 32.2. The number of amides is 3. The minimum Gasteiger partial charge on any atom is -0.508 e. The van der Waals surface area contributed by atoms with Crippen molar-refractivity contribution < 1.29 is 33.2 Å². The Hall–Kier alpha value is -4.26. The molecule has 0 heterocycles. The van der Waals surface area contributed by atoms with E-state index in [4.69, 9.17) is 10.5 Å². The maximum absolute atomic E-state index is 13.8. The van der Waals surface area contributed by atoms with Gasteiger partial charge in [-0.25, -0.2) is 0 Å². The van der Waals surface area contributed by atoms with Crippen LogP contribution in [0.25, 0.3) is 0 Å². The molecule has 2 aromatic rings. The number of hydrogen-bond acceptors (Lipinski definition) is 8. The van der Waals surface area contributed by atoms with E-state index in [1.54, 1.807) is 26.1 Å². The van der Waals surface area contributed by atoms with E-state index in [2.05, 4.69) is 22.5 Å². The first-order valence-corrected chi connectivity index (χ1v) is 18.0. The standard InChI is InChI=1S/C35H51N5O7S/c1-5-6-7-11-21-47-32(42)18-20-40(3)35(45)31(24-26-12-9-8-10-13-26)39-33(43)29(19-22-48(4)46)38-34(44)30(37-25(2)36)23-27-14-16-28(41)17-15-27/h8-10,12-17,29-31,41H,5-7,11,18-24H2,1-4H3,(H2,36,37)(H,38,44)(H,39,43)/t29-,30+,31+,48?/m1/s1. The molecule has 4 atom stereocenters. The molecule has 1 unspecified atom stereocenters. The number of nitrogens with two attached hydrogens (primary N) is 1. The third-order valence-corrected chi connectivity index (χ3v) is 8.35. The fraction of sp³-hybridized carbons (Fsp3) is 0.514. The van der Waals surface area contributed by atoms with Gasteiger partial charge in [0.2, 0.25) is 17.7 Å². The summed E-state index contributed by atoms with van der Waals surface area (Å²) in [5.41, 5.74) is 7.34. The third-order valence-electron chi connectivity index (χ3n) is 7.54. The van der Waals surface area contributed by atoms with Crippen LogP contribution in [0.1, 0.15) is 63.5 Å².